The number of imide groups is 1. The number of nitrogens with one attached hydrogen (secondary N) is 2. The molecular formula is C20H20F2N6O3S. The van der Waals surface area contributed by atoms with Crippen molar-refractivity contribution in [1.82, 2.24) is 25.5 Å². The van der Waals surface area contributed by atoms with E-state index in [9.17, 15) is 18.4 Å². The monoisotopic (exact) mass is 462 g/mol. The van der Waals surface area contributed by atoms with E-state index in [1.54, 1.807) is 0 Å². The van der Waals surface area contributed by atoms with Crippen LogP contribution in [0.1, 0.15) is 12.0 Å². The number of carbonyl (C=O) groups is 2. The lowest BCUT2D eigenvalue weighted by Crippen LogP contribution is -2.39. The summed E-state index contributed by atoms with van der Waals surface area (Å²) in [6, 6.07) is 14.5. The van der Waals surface area contributed by atoms with Gasteiger partial charge in [-0.15, -0.1) is 10.2 Å². The molecule has 0 fully saturated rings. The number of thioether (sulfide) groups is 1. The van der Waals surface area contributed by atoms with Gasteiger partial charge in [0, 0.05) is 24.3 Å². The molecule has 3 aromatic rings. The maximum Gasteiger partial charge on any atom is 0.387 e. The number of carbonyl (C=O) groups excluding carboxylic acids is 2. The van der Waals surface area contributed by atoms with E-state index in [0.29, 0.717) is 28.8 Å². The SMILES string of the molecule is Nn1c(SCCC(=O)NC(=O)NCc2ccccc2)nnc1-c1ccc(OC(F)F)cc1. The van der Waals surface area contributed by atoms with Gasteiger partial charge in [0.25, 0.3) is 0 Å². The summed E-state index contributed by atoms with van der Waals surface area (Å²) in [5, 5.41) is 13.2. The van der Waals surface area contributed by atoms with E-state index < -0.39 is 18.5 Å². The summed E-state index contributed by atoms with van der Waals surface area (Å²) in [4.78, 5) is 23.8. The maximum atomic E-state index is 12.2. The second kappa shape index (κ2) is 11.1. The molecular weight excluding hydrogens is 442 g/mol. The molecule has 0 atom stereocenters. The Morgan fingerprint density at radius 3 is 2.50 bits per heavy atom. The van der Waals surface area contributed by atoms with E-state index in [2.05, 4.69) is 25.6 Å². The minimum Gasteiger partial charge on any atom is -0.435 e. The van der Waals surface area contributed by atoms with Gasteiger partial charge < -0.3 is 15.9 Å². The summed E-state index contributed by atoms with van der Waals surface area (Å²) >= 11 is 1.19. The molecule has 3 rings (SSSR count). The Labute approximate surface area is 186 Å². The highest BCUT2D eigenvalue weighted by Gasteiger charge is 2.14. The Morgan fingerprint density at radius 2 is 1.81 bits per heavy atom. The molecule has 1 aromatic heterocycles. The van der Waals surface area contributed by atoms with Gasteiger partial charge in [0.05, 0.1) is 0 Å². The van der Waals surface area contributed by atoms with Crippen LogP contribution in [0.25, 0.3) is 11.4 Å². The van der Waals surface area contributed by atoms with Crippen LogP contribution >= 0.6 is 11.8 Å². The summed E-state index contributed by atoms with van der Waals surface area (Å²) in [5.41, 5.74) is 1.47. The molecule has 0 unspecified atom stereocenters. The van der Waals surface area contributed by atoms with Gasteiger partial charge in [0.2, 0.25) is 11.1 Å². The molecule has 9 nitrogen and oxygen atoms in total. The topological polar surface area (TPSA) is 124 Å². The van der Waals surface area contributed by atoms with Crippen molar-refractivity contribution in [2.45, 2.75) is 24.7 Å². The molecule has 0 aliphatic carbocycles. The number of nitrogen functional groups attached to an aromatic ring is 1. The summed E-state index contributed by atoms with van der Waals surface area (Å²) < 4.78 is 30.0. The minimum atomic E-state index is -2.91. The van der Waals surface area contributed by atoms with Crippen molar-refractivity contribution in [3.63, 3.8) is 0 Å². The van der Waals surface area contributed by atoms with Crippen molar-refractivity contribution in [2.75, 3.05) is 11.6 Å². The Balaban J connectivity index is 1.44. The molecule has 0 aliphatic heterocycles. The van der Waals surface area contributed by atoms with E-state index in [1.165, 1.54) is 40.7 Å². The number of alkyl halides is 2. The predicted octanol–water partition coefficient (Wildman–Crippen LogP) is 2.77. The van der Waals surface area contributed by atoms with Gasteiger partial charge >= 0.3 is 12.6 Å². The van der Waals surface area contributed by atoms with Gasteiger partial charge in [-0.1, -0.05) is 42.1 Å². The zero-order valence-electron chi connectivity index (χ0n) is 16.7. The number of amides is 3. The molecule has 0 spiro atoms. The van der Waals surface area contributed by atoms with Crippen LogP contribution < -0.4 is 21.2 Å². The van der Waals surface area contributed by atoms with Crippen LogP contribution in [0, 0.1) is 0 Å². The van der Waals surface area contributed by atoms with Gasteiger partial charge in [0.1, 0.15) is 5.75 Å². The molecule has 168 valence electrons. The molecule has 32 heavy (non-hydrogen) atoms. The Bertz CT molecular complexity index is 1050. The number of halogens is 2. The number of urea groups is 1. The third-order valence-electron chi connectivity index (χ3n) is 4.11. The fraction of sp³-hybridized carbons (Fsp3) is 0.200. The number of hydrogen-bond acceptors (Lipinski definition) is 7. The lowest BCUT2D eigenvalue weighted by molar-refractivity contribution is -0.119. The molecule has 1 heterocycles. The van der Waals surface area contributed by atoms with Crippen LogP contribution in [0.2, 0.25) is 0 Å². The number of nitrogens with zero attached hydrogens (tertiary/aromatic N) is 3. The Hall–Kier alpha value is -3.67. The van der Waals surface area contributed by atoms with Crippen molar-refractivity contribution in [3.8, 4) is 17.1 Å². The minimum absolute atomic E-state index is 0.0141. The highest BCUT2D eigenvalue weighted by Crippen LogP contribution is 2.24. The summed E-state index contributed by atoms with van der Waals surface area (Å²) in [7, 11) is 0. The van der Waals surface area contributed by atoms with Gasteiger partial charge in [-0.05, 0) is 29.8 Å². The van der Waals surface area contributed by atoms with Crippen molar-refractivity contribution >= 4 is 23.7 Å². The number of nitrogens with two attached hydrogens (primary N) is 1. The summed E-state index contributed by atoms with van der Waals surface area (Å²) in [5.74, 6) is 6.21. The molecule has 0 bridgehead atoms. The van der Waals surface area contributed by atoms with Crippen molar-refractivity contribution in [2.24, 2.45) is 0 Å². The van der Waals surface area contributed by atoms with Crippen molar-refractivity contribution in [1.29, 1.82) is 0 Å². The number of ether oxygens (including phenoxy) is 1. The fourth-order valence-electron chi connectivity index (χ4n) is 2.60. The first kappa shape index (κ1) is 23.0. The third kappa shape index (κ3) is 6.67. The fourth-order valence-corrected chi connectivity index (χ4v) is 3.40. The normalized spacial score (nSPS) is 10.7. The van der Waals surface area contributed by atoms with Crippen LogP contribution in [0.15, 0.2) is 59.8 Å². The molecule has 4 N–H and O–H groups in total. The van der Waals surface area contributed by atoms with Crippen molar-refractivity contribution in [3.05, 3.63) is 60.2 Å². The highest BCUT2D eigenvalue weighted by atomic mass is 32.2. The second-order valence-electron chi connectivity index (χ2n) is 6.39. The van der Waals surface area contributed by atoms with E-state index >= 15 is 0 Å². The van der Waals surface area contributed by atoms with Crippen LogP contribution in [0.4, 0.5) is 13.6 Å². The first-order chi connectivity index (χ1) is 15.4. The van der Waals surface area contributed by atoms with Crippen LogP contribution in [0.5, 0.6) is 5.75 Å². The quantitative estimate of drug-likeness (QED) is 0.330. The van der Waals surface area contributed by atoms with E-state index in [1.807, 2.05) is 30.3 Å². The second-order valence-corrected chi connectivity index (χ2v) is 7.46. The van der Waals surface area contributed by atoms with Crippen molar-refractivity contribution < 1.29 is 23.1 Å². The summed E-state index contributed by atoms with van der Waals surface area (Å²) in [6.07, 6.45) is 0.0608. The molecule has 0 aliphatic rings. The lowest BCUT2D eigenvalue weighted by Gasteiger charge is -2.07. The number of aromatic nitrogens is 3. The average Bonchev–Trinajstić information content (AvgIpc) is 3.13. The third-order valence-corrected chi connectivity index (χ3v) is 5.06. The van der Waals surface area contributed by atoms with Gasteiger partial charge in [-0.2, -0.15) is 8.78 Å². The van der Waals surface area contributed by atoms with E-state index in [4.69, 9.17) is 5.84 Å². The zero-order chi connectivity index (χ0) is 22.9. The molecule has 0 saturated heterocycles. The molecule has 3 amide bonds. The first-order valence-electron chi connectivity index (χ1n) is 9.42. The highest BCUT2D eigenvalue weighted by molar-refractivity contribution is 7.99. The zero-order valence-corrected chi connectivity index (χ0v) is 17.5. The Morgan fingerprint density at radius 1 is 1.09 bits per heavy atom. The maximum absolute atomic E-state index is 12.2. The molecule has 0 saturated carbocycles. The smallest absolute Gasteiger partial charge is 0.387 e. The largest absolute Gasteiger partial charge is 0.435 e. The Kier molecular flexibility index (Phi) is 7.97. The molecule has 0 radical (unpaired) electrons. The standard InChI is InChI=1S/C20H20F2N6O3S/c21-18(22)31-15-8-6-14(7-9-15)17-26-27-20(28(17)23)32-11-10-16(29)25-19(30)24-12-13-4-2-1-3-5-13/h1-9,18H,10-12,23H2,(H2,24,25,29,30). The molecule has 2 aromatic carbocycles. The van der Waals surface area contributed by atoms with Gasteiger partial charge in [0.15, 0.2) is 5.82 Å². The average molecular weight is 462 g/mol. The number of benzene rings is 2. The molecule has 12 heteroatoms. The lowest BCUT2D eigenvalue weighted by atomic mass is 10.2. The van der Waals surface area contributed by atoms with Gasteiger partial charge in [-0.3, -0.25) is 10.1 Å². The summed E-state index contributed by atoms with van der Waals surface area (Å²) in [6.45, 7) is -2.60. The van der Waals surface area contributed by atoms with Gasteiger partial charge in [-0.25, -0.2) is 9.47 Å². The van der Waals surface area contributed by atoms with E-state index in [-0.39, 0.29) is 12.2 Å². The van der Waals surface area contributed by atoms with Crippen LogP contribution in [-0.2, 0) is 11.3 Å². The number of hydrogen-bond donors (Lipinski definition) is 3. The van der Waals surface area contributed by atoms with E-state index in [0.717, 1.165) is 5.56 Å². The number of rotatable bonds is 9. The van der Waals surface area contributed by atoms with Crippen LogP contribution in [-0.4, -0.2) is 39.2 Å². The van der Waals surface area contributed by atoms with Crippen LogP contribution in [0.3, 0.4) is 0 Å². The predicted molar refractivity (Wildman–Crippen MR) is 114 cm³/mol. The first-order valence-corrected chi connectivity index (χ1v) is 10.4.